The van der Waals surface area contributed by atoms with Crippen LogP contribution in [0.5, 0.6) is 11.5 Å². The van der Waals surface area contributed by atoms with E-state index in [1.807, 2.05) is 18.2 Å². The van der Waals surface area contributed by atoms with Crippen LogP contribution in [0.4, 0.5) is 16.0 Å². The molecule has 0 radical (unpaired) electrons. The Morgan fingerprint density at radius 3 is 2.67 bits per heavy atom. The van der Waals surface area contributed by atoms with Crippen LogP contribution in [-0.2, 0) is 6.61 Å². The van der Waals surface area contributed by atoms with Crippen molar-refractivity contribution in [2.24, 2.45) is 0 Å². The van der Waals surface area contributed by atoms with Gasteiger partial charge in [0.05, 0.1) is 19.5 Å². The van der Waals surface area contributed by atoms with Gasteiger partial charge in [-0.2, -0.15) is 0 Å². The van der Waals surface area contributed by atoms with E-state index in [1.54, 1.807) is 13.0 Å². The van der Waals surface area contributed by atoms with Crippen molar-refractivity contribution < 1.29 is 18.7 Å². The van der Waals surface area contributed by atoms with Crippen molar-refractivity contribution in [2.75, 3.05) is 12.4 Å². The van der Waals surface area contributed by atoms with Crippen LogP contribution in [0.3, 0.4) is 0 Å². The molecule has 0 aliphatic heterocycles. The highest BCUT2D eigenvalue weighted by molar-refractivity contribution is 5.96. The second kappa shape index (κ2) is 9.52. The van der Waals surface area contributed by atoms with Gasteiger partial charge in [-0.05, 0) is 30.3 Å². The van der Waals surface area contributed by atoms with Crippen LogP contribution in [0.15, 0.2) is 48.8 Å². The molecule has 0 spiro atoms. The molecular formula is C23H20FN3O3. The molecule has 0 bridgehead atoms. The molecule has 0 aliphatic carbocycles. The van der Waals surface area contributed by atoms with Gasteiger partial charge in [0.25, 0.3) is 0 Å². The van der Waals surface area contributed by atoms with E-state index in [2.05, 4.69) is 21.2 Å². The number of carbonyl (C=O) groups excluding carboxylic acids is 1. The lowest BCUT2D eigenvalue weighted by Crippen LogP contribution is -2.06. The number of aromatic nitrogens is 2. The standard InChI is InChI=1S/C23H20FN3O3/c1-4-15-7-6-8-18(9-15)27-23-25-12-19(13-26-23)30-14-17-10-16(20(28)5-2)11-21(29-3)22(17)24/h1,6-13H,5,14H2,2-3H3,(H,25,26,27). The summed E-state index contributed by atoms with van der Waals surface area (Å²) in [5.74, 6) is 2.59. The molecule has 0 aliphatic rings. The molecule has 152 valence electrons. The van der Waals surface area contributed by atoms with Gasteiger partial charge >= 0.3 is 0 Å². The largest absolute Gasteiger partial charge is 0.494 e. The summed E-state index contributed by atoms with van der Waals surface area (Å²) in [6, 6.07) is 10.2. The third-order valence-electron chi connectivity index (χ3n) is 4.29. The van der Waals surface area contributed by atoms with E-state index >= 15 is 0 Å². The number of carbonyl (C=O) groups is 1. The summed E-state index contributed by atoms with van der Waals surface area (Å²) in [6.07, 6.45) is 8.64. The average molecular weight is 405 g/mol. The molecule has 1 aromatic heterocycles. The van der Waals surface area contributed by atoms with Gasteiger partial charge in [0.2, 0.25) is 5.95 Å². The fourth-order valence-corrected chi connectivity index (χ4v) is 2.71. The molecule has 3 rings (SSSR count). The Balaban J connectivity index is 1.70. The first-order valence-corrected chi connectivity index (χ1v) is 9.22. The van der Waals surface area contributed by atoms with Gasteiger partial charge in [-0.25, -0.2) is 14.4 Å². The quantitative estimate of drug-likeness (QED) is 0.439. The molecule has 0 saturated carbocycles. The van der Waals surface area contributed by atoms with Crippen LogP contribution < -0.4 is 14.8 Å². The first-order chi connectivity index (χ1) is 14.5. The lowest BCUT2D eigenvalue weighted by molar-refractivity contribution is 0.0987. The smallest absolute Gasteiger partial charge is 0.227 e. The molecule has 0 atom stereocenters. The monoisotopic (exact) mass is 405 g/mol. The predicted molar refractivity (Wildman–Crippen MR) is 112 cm³/mol. The highest BCUT2D eigenvalue weighted by atomic mass is 19.1. The number of Topliss-reactive ketones (excluding diaryl/α,β-unsaturated/α-hetero) is 1. The van der Waals surface area contributed by atoms with Gasteiger partial charge in [-0.3, -0.25) is 4.79 Å². The molecular weight excluding hydrogens is 385 g/mol. The number of hydrogen-bond donors (Lipinski definition) is 1. The number of methoxy groups -OCH3 is 1. The van der Waals surface area contributed by atoms with Crippen LogP contribution in [0.1, 0.15) is 34.8 Å². The summed E-state index contributed by atoms with van der Waals surface area (Å²) in [5, 5.41) is 3.04. The molecule has 0 amide bonds. The maximum absolute atomic E-state index is 14.5. The first-order valence-electron chi connectivity index (χ1n) is 9.22. The number of ether oxygens (including phenoxy) is 2. The van der Waals surface area contributed by atoms with Gasteiger partial charge in [-0.1, -0.05) is 18.9 Å². The minimum absolute atomic E-state index is 0.00195. The van der Waals surface area contributed by atoms with Crippen LogP contribution in [0.2, 0.25) is 0 Å². The summed E-state index contributed by atoms with van der Waals surface area (Å²) >= 11 is 0. The summed E-state index contributed by atoms with van der Waals surface area (Å²) < 4.78 is 25.1. The third-order valence-corrected chi connectivity index (χ3v) is 4.29. The Morgan fingerprint density at radius 2 is 2.00 bits per heavy atom. The highest BCUT2D eigenvalue weighted by Crippen LogP contribution is 2.25. The number of hydrogen-bond acceptors (Lipinski definition) is 6. The van der Waals surface area contributed by atoms with Crippen molar-refractivity contribution in [2.45, 2.75) is 20.0 Å². The van der Waals surface area contributed by atoms with E-state index in [0.29, 0.717) is 23.7 Å². The normalized spacial score (nSPS) is 10.2. The minimum Gasteiger partial charge on any atom is -0.494 e. The molecule has 30 heavy (non-hydrogen) atoms. The Labute approximate surface area is 174 Å². The predicted octanol–water partition coefficient (Wildman–Crippen LogP) is 4.52. The number of benzene rings is 2. The van der Waals surface area contributed by atoms with E-state index in [9.17, 15) is 9.18 Å². The van der Waals surface area contributed by atoms with Crippen molar-refractivity contribution >= 4 is 17.4 Å². The van der Waals surface area contributed by atoms with Crippen molar-refractivity contribution in [3.8, 4) is 23.8 Å². The molecule has 1 heterocycles. The van der Waals surface area contributed by atoms with Gasteiger partial charge in [0, 0.05) is 28.8 Å². The van der Waals surface area contributed by atoms with E-state index in [4.69, 9.17) is 15.9 Å². The average Bonchev–Trinajstić information content (AvgIpc) is 2.79. The van der Waals surface area contributed by atoms with Crippen molar-refractivity contribution in [1.29, 1.82) is 0 Å². The fraction of sp³-hybridized carbons (Fsp3) is 0.174. The summed E-state index contributed by atoms with van der Waals surface area (Å²) in [6.45, 7) is 1.64. The van der Waals surface area contributed by atoms with Gasteiger partial charge < -0.3 is 14.8 Å². The maximum atomic E-state index is 14.5. The van der Waals surface area contributed by atoms with Crippen LogP contribution >= 0.6 is 0 Å². The number of anilines is 2. The second-order valence-corrected chi connectivity index (χ2v) is 6.31. The van der Waals surface area contributed by atoms with E-state index < -0.39 is 5.82 Å². The van der Waals surface area contributed by atoms with Crippen molar-refractivity contribution in [3.05, 3.63) is 71.3 Å². The van der Waals surface area contributed by atoms with Gasteiger partial charge in [0.15, 0.2) is 23.1 Å². The fourth-order valence-electron chi connectivity index (χ4n) is 2.71. The molecule has 3 aromatic rings. The van der Waals surface area contributed by atoms with Crippen molar-refractivity contribution in [3.63, 3.8) is 0 Å². The molecule has 6 nitrogen and oxygen atoms in total. The number of ketones is 1. The highest BCUT2D eigenvalue weighted by Gasteiger charge is 2.15. The summed E-state index contributed by atoms with van der Waals surface area (Å²) in [5.41, 5.74) is 2.07. The molecule has 0 saturated heterocycles. The number of nitrogens with zero attached hydrogens (tertiary/aromatic N) is 2. The van der Waals surface area contributed by atoms with E-state index in [0.717, 1.165) is 11.3 Å². The third kappa shape index (κ3) is 4.92. The minimum atomic E-state index is -0.572. The Kier molecular flexibility index (Phi) is 6.60. The Morgan fingerprint density at radius 1 is 1.23 bits per heavy atom. The van der Waals surface area contributed by atoms with Crippen molar-refractivity contribution in [1.82, 2.24) is 9.97 Å². The van der Waals surface area contributed by atoms with Gasteiger partial charge in [-0.15, -0.1) is 6.42 Å². The molecule has 7 heteroatoms. The SMILES string of the molecule is C#Cc1cccc(Nc2ncc(OCc3cc(C(=O)CC)cc(OC)c3F)cn2)c1. The topological polar surface area (TPSA) is 73.3 Å². The number of nitrogens with one attached hydrogen (secondary N) is 1. The Hall–Kier alpha value is -3.92. The number of halogens is 1. The summed E-state index contributed by atoms with van der Waals surface area (Å²) in [7, 11) is 1.35. The lowest BCUT2D eigenvalue weighted by atomic mass is 10.0. The number of rotatable bonds is 8. The lowest BCUT2D eigenvalue weighted by Gasteiger charge is -2.12. The van der Waals surface area contributed by atoms with E-state index in [1.165, 1.54) is 31.6 Å². The maximum Gasteiger partial charge on any atom is 0.227 e. The van der Waals surface area contributed by atoms with Gasteiger partial charge in [0.1, 0.15) is 6.61 Å². The van der Waals surface area contributed by atoms with Crippen LogP contribution in [-0.4, -0.2) is 22.9 Å². The summed E-state index contributed by atoms with van der Waals surface area (Å²) in [4.78, 5) is 20.4. The Bertz CT molecular complexity index is 1090. The zero-order valence-electron chi connectivity index (χ0n) is 16.6. The molecule has 0 fully saturated rings. The zero-order valence-corrected chi connectivity index (χ0v) is 16.6. The zero-order chi connectivity index (χ0) is 21.5. The first kappa shape index (κ1) is 20.8. The van der Waals surface area contributed by atoms with E-state index in [-0.39, 0.29) is 23.7 Å². The molecule has 2 aromatic carbocycles. The molecule has 0 unspecified atom stereocenters. The van der Waals surface area contributed by atoms with Crippen LogP contribution in [0, 0.1) is 18.2 Å². The number of terminal acetylenes is 1. The molecule has 1 N–H and O–H groups in total. The second-order valence-electron chi connectivity index (χ2n) is 6.31. The van der Waals surface area contributed by atoms with Crippen LogP contribution in [0.25, 0.3) is 0 Å².